The Labute approximate surface area is 236 Å². The number of ether oxygens (including phenoxy) is 1. The third-order valence-electron chi connectivity index (χ3n) is 7.22. The van der Waals surface area contributed by atoms with Crippen LogP contribution in [-0.2, 0) is 23.5 Å². The van der Waals surface area contributed by atoms with Gasteiger partial charge in [0.05, 0.1) is 22.2 Å². The number of hydrogen-bond acceptors (Lipinski definition) is 4. The van der Waals surface area contributed by atoms with Gasteiger partial charge in [0, 0.05) is 42.6 Å². The summed E-state index contributed by atoms with van der Waals surface area (Å²) in [5, 5.41) is 0.600. The van der Waals surface area contributed by atoms with Crippen LogP contribution in [0.1, 0.15) is 50.2 Å². The first-order valence-corrected chi connectivity index (χ1v) is 13.1. The maximum absolute atomic E-state index is 13.5. The largest absolute Gasteiger partial charge is 0.459 e. The number of nitrogens with zero attached hydrogens (tertiary/aromatic N) is 2. The molecule has 4 aromatic rings. The number of rotatable bonds is 5. The summed E-state index contributed by atoms with van der Waals surface area (Å²) in [6.07, 6.45) is -8.78. The molecule has 1 amide bonds. The Bertz CT molecular complexity index is 1570. The number of amides is 1. The van der Waals surface area contributed by atoms with Crippen molar-refractivity contribution in [3.63, 3.8) is 0 Å². The molecule has 0 radical (unpaired) electrons. The number of piperidine rings is 1. The molecule has 2 atom stereocenters. The van der Waals surface area contributed by atoms with Gasteiger partial charge >= 0.3 is 18.3 Å². The van der Waals surface area contributed by atoms with E-state index in [4.69, 9.17) is 4.74 Å². The fraction of sp³-hybridized carbons (Fsp3) is 0.258. The number of carbonyl (C=O) groups excluding carboxylic acids is 2. The molecule has 0 N–H and O–H groups in total. The van der Waals surface area contributed by atoms with Crippen LogP contribution in [0.3, 0.4) is 0 Å². The van der Waals surface area contributed by atoms with E-state index < -0.39 is 53.1 Å². The summed E-state index contributed by atoms with van der Waals surface area (Å²) in [6.45, 7) is -0.0387. The second-order valence-electron chi connectivity index (χ2n) is 10.1. The van der Waals surface area contributed by atoms with Crippen LogP contribution in [0.25, 0.3) is 10.9 Å². The van der Waals surface area contributed by atoms with Gasteiger partial charge in [-0.25, -0.2) is 4.79 Å². The molecule has 1 saturated heterocycles. The number of pyridine rings is 1. The minimum Gasteiger partial charge on any atom is -0.459 e. The van der Waals surface area contributed by atoms with E-state index >= 15 is 0 Å². The molecule has 2 heterocycles. The molecule has 1 aliphatic rings. The quantitative estimate of drug-likeness (QED) is 0.181. The van der Waals surface area contributed by atoms with Crippen LogP contribution < -0.4 is 0 Å². The molecule has 2 unspecified atom stereocenters. The molecule has 0 spiro atoms. The summed E-state index contributed by atoms with van der Waals surface area (Å²) in [7, 11) is 0. The molecule has 1 fully saturated rings. The lowest BCUT2D eigenvalue weighted by Gasteiger charge is -2.39. The van der Waals surface area contributed by atoms with Crippen molar-refractivity contribution in [2.75, 3.05) is 6.54 Å². The zero-order valence-corrected chi connectivity index (χ0v) is 22.0. The summed E-state index contributed by atoms with van der Waals surface area (Å²) >= 11 is 0. The summed E-state index contributed by atoms with van der Waals surface area (Å²) in [5.74, 6) is -1.55. The summed E-state index contributed by atoms with van der Waals surface area (Å²) in [6, 6.07) is 17.7. The lowest BCUT2D eigenvalue weighted by molar-refractivity contribution is -0.143. The summed E-state index contributed by atoms with van der Waals surface area (Å²) in [5.41, 5.74) is -2.13. The minimum atomic E-state index is -5.09. The second-order valence-corrected chi connectivity index (χ2v) is 10.1. The van der Waals surface area contributed by atoms with Crippen molar-refractivity contribution in [3.05, 3.63) is 113 Å². The van der Waals surface area contributed by atoms with Crippen molar-refractivity contribution in [2.45, 2.75) is 43.8 Å². The third-order valence-corrected chi connectivity index (χ3v) is 7.22. The van der Waals surface area contributed by atoms with Crippen molar-refractivity contribution >= 4 is 22.8 Å². The van der Waals surface area contributed by atoms with Gasteiger partial charge in [0.1, 0.15) is 6.10 Å². The van der Waals surface area contributed by atoms with Crippen LogP contribution in [0, 0.1) is 0 Å². The van der Waals surface area contributed by atoms with E-state index in [1.165, 1.54) is 17.2 Å². The minimum absolute atomic E-state index is 0.00722. The number of hydrogen-bond donors (Lipinski definition) is 0. The number of esters is 1. The van der Waals surface area contributed by atoms with Gasteiger partial charge in [0.15, 0.2) is 0 Å². The van der Waals surface area contributed by atoms with Gasteiger partial charge in [0.2, 0.25) is 0 Å². The molecule has 0 aliphatic carbocycles. The molecule has 5 nitrogen and oxygen atoms in total. The van der Waals surface area contributed by atoms with Crippen LogP contribution in [-0.4, -0.2) is 40.5 Å². The van der Waals surface area contributed by atoms with Crippen LogP contribution in [0.5, 0.6) is 0 Å². The van der Waals surface area contributed by atoms with Crippen LogP contribution in [0.4, 0.5) is 26.3 Å². The van der Waals surface area contributed by atoms with Crippen LogP contribution >= 0.6 is 0 Å². The Morgan fingerprint density at radius 3 is 2.17 bits per heavy atom. The van der Waals surface area contributed by atoms with Crippen molar-refractivity contribution in [2.24, 2.45) is 0 Å². The molecule has 0 saturated carbocycles. The first-order valence-electron chi connectivity index (χ1n) is 13.1. The first kappa shape index (κ1) is 29.1. The van der Waals surface area contributed by atoms with Crippen LogP contribution in [0.15, 0.2) is 85.1 Å². The average Bonchev–Trinajstić information content (AvgIpc) is 2.96. The van der Waals surface area contributed by atoms with E-state index in [-0.39, 0.29) is 31.9 Å². The number of benzene rings is 3. The highest BCUT2D eigenvalue weighted by Gasteiger charge is 2.39. The fourth-order valence-corrected chi connectivity index (χ4v) is 5.20. The molecule has 5 rings (SSSR count). The van der Waals surface area contributed by atoms with Crippen molar-refractivity contribution in [1.29, 1.82) is 0 Å². The molecular weight excluding hydrogens is 562 g/mol. The SMILES string of the molecule is O=C(OC1CCN(C(=O)c2cc(C(F)(F)F)cc(C(F)(F)F)c2)C(Cc2ccccc2)C1)c1ccnc2ccccc12. The predicted octanol–water partition coefficient (Wildman–Crippen LogP) is 7.35. The summed E-state index contributed by atoms with van der Waals surface area (Å²) < 4.78 is 86.6. The number of likely N-dealkylation sites (tertiary alicyclic amines) is 1. The smallest absolute Gasteiger partial charge is 0.416 e. The Kier molecular flexibility index (Phi) is 7.94. The van der Waals surface area contributed by atoms with E-state index in [0.29, 0.717) is 28.6 Å². The molecule has 3 aromatic carbocycles. The number of fused-ring (bicyclic) bond motifs is 1. The van der Waals surface area contributed by atoms with Gasteiger partial charge in [-0.3, -0.25) is 9.78 Å². The van der Waals surface area contributed by atoms with Crippen molar-refractivity contribution in [3.8, 4) is 0 Å². The normalized spacial score (nSPS) is 17.7. The number of halogens is 6. The maximum Gasteiger partial charge on any atom is 0.416 e. The average molecular weight is 587 g/mol. The van der Waals surface area contributed by atoms with Crippen LogP contribution in [0.2, 0.25) is 0 Å². The maximum atomic E-state index is 13.5. The number of carbonyl (C=O) groups is 2. The highest BCUT2D eigenvalue weighted by molar-refractivity contribution is 6.03. The Balaban J connectivity index is 1.43. The van der Waals surface area contributed by atoms with E-state index in [2.05, 4.69) is 4.98 Å². The van der Waals surface area contributed by atoms with Gasteiger partial charge in [-0.1, -0.05) is 48.5 Å². The van der Waals surface area contributed by atoms with Gasteiger partial charge in [-0.2, -0.15) is 26.3 Å². The Morgan fingerprint density at radius 2 is 1.50 bits per heavy atom. The van der Waals surface area contributed by atoms with E-state index in [1.807, 2.05) is 0 Å². The molecule has 42 heavy (non-hydrogen) atoms. The number of para-hydroxylation sites is 1. The molecule has 1 aromatic heterocycles. The molecule has 218 valence electrons. The standard InChI is InChI=1S/C31H24F6N2O3/c32-30(33,34)21-15-20(16-22(17-21)31(35,36)37)28(40)39-13-11-24(18-23(39)14-19-6-2-1-3-7-19)42-29(41)26-10-12-38-27-9-5-4-8-25(26)27/h1-10,12,15-17,23-24H,11,13-14,18H2. The zero-order valence-electron chi connectivity index (χ0n) is 22.0. The highest BCUT2D eigenvalue weighted by atomic mass is 19.4. The van der Waals surface area contributed by atoms with Gasteiger partial charge in [0.25, 0.3) is 5.91 Å². The second kappa shape index (κ2) is 11.5. The fourth-order valence-electron chi connectivity index (χ4n) is 5.20. The number of alkyl halides is 6. The van der Waals surface area contributed by atoms with E-state index in [0.717, 1.165) is 5.56 Å². The van der Waals surface area contributed by atoms with E-state index in [1.54, 1.807) is 54.6 Å². The van der Waals surface area contributed by atoms with Crippen molar-refractivity contribution in [1.82, 2.24) is 9.88 Å². The topological polar surface area (TPSA) is 59.5 Å². The molecule has 0 bridgehead atoms. The van der Waals surface area contributed by atoms with Gasteiger partial charge in [-0.15, -0.1) is 0 Å². The monoisotopic (exact) mass is 586 g/mol. The van der Waals surface area contributed by atoms with Gasteiger partial charge in [-0.05, 0) is 42.3 Å². The molecule has 11 heteroatoms. The van der Waals surface area contributed by atoms with E-state index in [9.17, 15) is 35.9 Å². The lowest BCUT2D eigenvalue weighted by atomic mass is 9.92. The molecular formula is C31H24F6N2O3. The predicted molar refractivity (Wildman–Crippen MR) is 142 cm³/mol. The Morgan fingerprint density at radius 1 is 0.857 bits per heavy atom. The summed E-state index contributed by atoms with van der Waals surface area (Å²) in [4.78, 5) is 32.2. The first-order chi connectivity index (χ1) is 19.9. The molecule has 1 aliphatic heterocycles. The Hall–Kier alpha value is -4.41. The lowest BCUT2D eigenvalue weighted by Crippen LogP contribution is -2.49. The zero-order chi connectivity index (χ0) is 30.1. The highest BCUT2D eigenvalue weighted by Crippen LogP contribution is 2.37. The van der Waals surface area contributed by atoms with Crippen molar-refractivity contribution < 1.29 is 40.7 Å². The number of aromatic nitrogens is 1. The van der Waals surface area contributed by atoms with Gasteiger partial charge < -0.3 is 9.64 Å². The third kappa shape index (κ3) is 6.40.